The van der Waals surface area contributed by atoms with E-state index in [0.29, 0.717) is 21.8 Å². The van der Waals surface area contributed by atoms with Gasteiger partial charge in [-0.05, 0) is 24.6 Å². The maximum absolute atomic E-state index is 13.8. The number of anilines is 1. The third kappa shape index (κ3) is 2.00. The molecule has 6 heteroatoms. The molecule has 0 spiro atoms. The molecule has 0 bridgehead atoms. The van der Waals surface area contributed by atoms with Crippen LogP contribution in [0, 0.1) is 12.7 Å². The summed E-state index contributed by atoms with van der Waals surface area (Å²) >= 11 is 1.27. The molecule has 0 unspecified atom stereocenters. The molecule has 0 aliphatic rings. The highest BCUT2D eigenvalue weighted by Crippen LogP contribution is 2.32. The van der Waals surface area contributed by atoms with Crippen molar-refractivity contribution in [1.82, 2.24) is 9.97 Å². The van der Waals surface area contributed by atoms with Crippen LogP contribution in [-0.2, 0) is 0 Å². The van der Waals surface area contributed by atoms with Crippen molar-refractivity contribution in [2.24, 2.45) is 0 Å². The van der Waals surface area contributed by atoms with Gasteiger partial charge in [0.05, 0.1) is 4.88 Å². The lowest BCUT2D eigenvalue weighted by Crippen LogP contribution is -2.12. The second kappa shape index (κ2) is 4.47. The summed E-state index contributed by atoms with van der Waals surface area (Å²) in [5.74, 6) is -0.210. The molecule has 2 aromatic heterocycles. The standard InChI is InChI=1S/C13H10FN3OS/c1-7-10-8(14)3-2-4-9(10)19-11(7)12(18)17-13-15-5-6-16-13/h2-6H,1H3,(H2,15,16,17,18). The second-order valence-corrected chi connectivity index (χ2v) is 5.11. The minimum absolute atomic E-state index is 0.284. The average Bonchev–Trinajstić information content (AvgIpc) is 2.98. The minimum atomic E-state index is -0.303. The molecule has 19 heavy (non-hydrogen) atoms. The van der Waals surface area contributed by atoms with Crippen LogP contribution >= 0.6 is 11.3 Å². The van der Waals surface area contributed by atoms with Crippen LogP contribution in [0.25, 0.3) is 10.1 Å². The molecule has 0 radical (unpaired) electrons. The van der Waals surface area contributed by atoms with Crippen LogP contribution in [0.1, 0.15) is 15.2 Å². The summed E-state index contributed by atoms with van der Waals surface area (Å²) in [6.07, 6.45) is 3.17. The van der Waals surface area contributed by atoms with Gasteiger partial charge in [-0.25, -0.2) is 9.37 Å². The number of nitrogens with one attached hydrogen (secondary N) is 2. The van der Waals surface area contributed by atoms with Gasteiger partial charge in [0.15, 0.2) is 0 Å². The Hall–Kier alpha value is -2.21. The van der Waals surface area contributed by atoms with Gasteiger partial charge >= 0.3 is 0 Å². The van der Waals surface area contributed by atoms with Crippen LogP contribution in [0.3, 0.4) is 0 Å². The maximum atomic E-state index is 13.8. The first-order chi connectivity index (χ1) is 9.16. The SMILES string of the molecule is Cc1c(C(=O)Nc2ncc[nH]2)sc2cccc(F)c12. The van der Waals surface area contributed by atoms with Crippen molar-refractivity contribution in [3.05, 3.63) is 46.9 Å². The number of nitrogens with zero attached hydrogens (tertiary/aromatic N) is 1. The van der Waals surface area contributed by atoms with E-state index in [-0.39, 0.29) is 11.7 Å². The quantitative estimate of drug-likeness (QED) is 0.753. The number of imidazole rings is 1. The molecular formula is C13H10FN3OS. The van der Waals surface area contributed by atoms with Gasteiger partial charge in [0, 0.05) is 22.5 Å². The molecule has 2 N–H and O–H groups in total. The Balaban J connectivity index is 2.03. The van der Waals surface area contributed by atoms with Gasteiger partial charge in [-0.2, -0.15) is 0 Å². The van der Waals surface area contributed by atoms with Crippen molar-refractivity contribution in [3.8, 4) is 0 Å². The van der Waals surface area contributed by atoms with E-state index in [9.17, 15) is 9.18 Å². The fraction of sp³-hybridized carbons (Fsp3) is 0.0769. The van der Waals surface area contributed by atoms with Crippen molar-refractivity contribution in [3.63, 3.8) is 0 Å². The molecule has 0 fully saturated rings. The number of benzene rings is 1. The Morgan fingerprint density at radius 3 is 3.00 bits per heavy atom. The molecule has 0 saturated carbocycles. The van der Waals surface area contributed by atoms with Crippen LogP contribution in [0.15, 0.2) is 30.6 Å². The number of aromatic nitrogens is 2. The number of amides is 1. The summed E-state index contributed by atoms with van der Waals surface area (Å²) in [5.41, 5.74) is 0.655. The summed E-state index contributed by atoms with van der Waals surface area (Å²) in [4.78, 5) is 19.3. The Kier molecular flexibility index (Phi) is 2.79. The largest absolute Gasteiger partial charge is 0.331 e. The number of carbonyl (C=O) groups excluding carboxylic acids is 1. The average molecular weight is 275 g/mol. The van der Waals surface area contributed by atoms with Gasteiger partial charge < -0.3 is 4.98 Å². The van der Waals surface area contributed by atoms with Crippen LogP contribution < -0.4 is 5.32 Å². The number of carbonyl (C=O) groups is 1. The third-order valence-electron chi connectivity index (χ3n) is 2.84. The molecule has 0 saturated heterocycles. The molecule has 96 valence electrons. The molecule has 0 aliphatic heterocycles. The van der Waals surface area contributed by atoms with Crippen molar-refractivity contribution in [2.45, 2.75) is 6.92 Å². The number of aromatic amines is 1. The van der Waals surface area contributed by atoms with Crippen molar-refractivity contribution >= 4 is 33.3 Å². The molecular weight excluding hydrogens is 265 g/mol. The zero-order valence-corrected chi connectivity index (χ0v) is 10.8. The predicted octanol–water partition coefficient (Wildman–Crippen LogP) is 3.32. The van der Waals surface area contributed by atoms with Gasteiger partial charge in [0.25, 0.3) is 5.91 Å². The minimum Gasteiger partial charge on any atom is -0.331 e. The van der Waals surface area contributed by atoms with Crippen LogP contribution in [0.5, 0.6) is 0 Å². The number of aryl methyl sites for hydroxylation is 1. The number of hydrogen-bond donors (Lipinski definition) is 2. The van der Waals surface area contributed by atoms with E-state index in [1.54, 1.807) is 31.5 Å². The highest BCUT2D eigenvalue weighted by atomic mass is 32.1. The maximum Gasteiger partial charge on any atom is 0.268 e. The normalized spacial score (nSPS) is 10.8. The highest BCUT2D eigenvalue weighted by molar-refractivity contribution is 7.21. The molecule has 0 atom stereocenters. The Labute approximate surface area is 112 Å². The van der Waals surface area contributed by atoms with Crippen molar-refractivity contribution in [2.75, 3.05) is 5.32 Å². The first-order valence-corrected chi connectivity index (χ1v) is 6.47. The Bertz CT molecular complexity index is 749. The van der Waals surface area contributed by atoms with Crippen LogP contribution in [0.2, 0.25) is 0 Å². The number of rotatable bonds is 2. The van der Waals surface area contributed by atoms with Gasteiger partial charge in [-0.3, -0.25) is 10.1 Å². The molecule has 3 aromatic rings. The lowest BCUT2D eigenvalue weighted by Gasteiger charge is -2.00. The predicted molar refractivity (Wildman–Crippen MR) is 73.1 cm³/mol. The topological polar surface area (TPSA) is 57.8 Å². The summed E-state index contributed by atoms with van der Waals surface area (Å²) in [6.45, 7) is 1.75. The third-order valence-corrected chi connectivity index (χ3v) is 4.10. The number of halogens is 1. The first kappa shape index (κ1) is 11.9. The Morgan fingerprint density at radius 2 is 2.32 bits per heavy atom. The molecule has 0 aliphatic carbocycles. The number of hydrogen-bond acceptors (Lipinski definition) is 3. The van der Waals surface area contributed by atoms with E-state index in [1.807, 2.05) is 0 Å². The molecule has 4 nitrogen and oxygen atoms in total. The van der Waals surface area contributed by atoms with Gasteiger partial charge in [0.2, 0.25) is 5.95 Å². The number of fused-ring (bicyclic) bond motifs is 1. The van der Waals surface area contributed by atoms with Gasteiger partial charge in [-0.1, -0.05) is 6.07 Å². The number of H-pyrrole nitrogens is 1. The van der Waals surface area contributed by atoms with Crippen LogP contribution in [-0.4, -0.2) is 15.9 Å². The molecule has 1 aromatic carbocycles. The lowest BCUT2D eigenvalue weighted by atomic mass is 10.1. The highest BCUT2D eigenvalue weighted by Gasteiger charge is 2.18. The monoisotopic (exact) mass is 275 g/mol. The van der Waals surface area contributed by atoms with Crippen molar-refractivity contribution in [1.29, 1.82) is 0 Å². The van der Waals surface area contributed by atoms with E-state index >= 15 is 0 Å². The Morgan fingerprint density at radius 1 is 1.47 bits per heavy atom. The molecule has 3 rings (SSSR count). The summed E-state index contributed by atoms with van der Waals surface area (Å²) in [6, 6.07) is 4.85. The van der Waals surface area contributed by atoms with Crippen LogP contribution in [0.4, 0.5) is 10.3 Å². The van der Waals surface area contributed by atoms with E-state index in [4.69, 9.17) is 0 Å². The van der Waals surface area contributed by atoms with E-state index in [2.05, 4.69) is 15.3 Å². The summed E-state index contributed by atoms with van der Waals surface area (Å²) in [5, 5.41) is 3.15. The smallest absolute Gasteiger partial charge is 0.268 e. The molecule has 1 amide bonds. The molecule has 2 heterocycles. The number of thiophene rings is 1. The fourth-order valence-corrected chi connectivity index (χ4v) is 3.09. The summed E-state index contributed by atoms with van der Waals surface area (Å²) in [7, 11) is 0. The van der Waals surface area contributed by atoms with Gasteiger partial charge in [0.1, 0.15) is 5.82 Å². The second-order valence-electron chi connectivity index (χ2n) is 4.06. The van der Waals surface area contributed by atoms with E-state index < -0.39 is 0 Å². The fourth-order valence-electron chi connectivity index (χ4n) is 1.97. The first-order valence-electron chi connectivity index (χ1n) is 5.65. The zero-order chi connectivity index (χ0) is 13.4. The van der Waals surface area contributed by atoms with E-state index in [1.165, 1.54) is 17.4 Å². The van der Waals surface area contributed by atoms with Crippen molar-refractivity contribution < 1.29 is 9.18 Å². The van der Waals surface area contributed by atoms with E-state index in [0.717, 1.165) is 4.70 Å². The lowest BCUT2D eigenvalue weighted by molar-refractivity contribution is 0.102. The zero-order valence-electron chi connectivity index (χ0n) is 10.0. The van der Waals surface area contributed by atoms with Gasteiger partial charge in [-0.15, -0.1) is 11.3 Å². The summed E-state index contributed by atoms with van der Waals surface area (Å²) < 4.78 is 14.5.